The van der Waals surface area contributed by atoms with Crippen LogP contribution in [0.2, 0.25) is 0 Å². The molecule has 0 aliphatic carbocycles. The van der Waals surface area contributed by atoms with E-state index in [1.54, 1.807) is 49.6 Å². The first-order chi connectivity index (χ1) is 10.5. The number of benzene rings is 1. The number of rotatable bonds is 5. The van der Waals surface area contributed by atoms with Crippen LogP contribution in [0.4, 0.5) is 8.78 Å². The van der Waals surface area contributed by atoms with Gasteiger partial charge in [0.25, 0.3) is 11.7 Å². The van der Waals surface area contributed by atoms with Gasteiger partial charge < -0.3 is 9.88 Å². The van der Waals surface area contributed by atoms with Crippen LogP contribution in [0, 0.1) is 4.64 Å². The fourth-order valence-corrected chi connectivity index (χ4v) is 2.64. The topological polar surface area (TPSA) is 36.1 Å². The van der Waals surface area contributed by atoms with E-state index in [1.807, 2.05) is 0 Å². The van der Waals surface area contributed by atoms with Gasteiger partial charge in [-0.25, -0.2) is 0 Å². The summed E-state index contributed by atoms with van der Waals surface area (Å²) in [5.41, 5.74) is 1.30. The Bertz CT molecular complexity index is 701. The number of carbonyl (C=O) groups excluding carboxylic acids is 1. The van der Waals surface area contributed by atoms with E-state index in [2.05, 4.69) is 4.98 Å². The average molecular weight is 340 g/mol. The van der Waals surface area contributed by atoms with Gasteiger partial charge in [-0.3, -0.25) is 4.79 Å². The highest BCUT2D eigenvalue weighted by atomic mass is 32.2. The Morgan fingerprint density at radius 3 is 2.59 bits per heavy atom. The van der Waals surface area contributed by atoms with Gasteiger partial charge in [0.1, 0.15) is 4.64 Å². The molecule has 0 spiro atoms. The largest absolute Gasteiger partial charge is 0.352 e. The summed E-state index contributed by atoms with van der Waals surface area (Å²) >= 11 is 5.59. The molecule has 22 heavy (non-hydrogen) atoms. The summed E-state index contributed by atoms with van der Waals surface area (Å²) in [5, 5.41) is 0. The van der Waals surface area contributed by atoms with Gasteiger partial charge in [0.05, 0.1) is 5.56 Å². The number of hydrogen-bond donors (Lipinski definition) is 1. The number of hydrogen-bond acceptors (Lipinski definition) is 3. The van der Waals surface area contributed by atoms with E-state index in [4.69, 9.17) is 12.2 Å². The number of alkyl halides is 2. The summed E-state index contributed by atoms with van der Waals surface area (Å²) in [6.07, 6.45) is 1.67. The van der Waals surface area contributed by atoms with Crippen LogP contribution in [0.5, 0.6) is 0 Å². The maximum absolute atomic E-state index is 12.3. The predicted octanol–water partition coefficient (Wildman–Crippen LogP) is 4.33. The normalized spacial score (nSPS) is 10.7. The number of aromatic nitrogens is 1. The Balaban J connectivity index is 2.05. The number of pyridine rings is 1. The van der Waals surface area contributed by atoms with Gasteiger partial charge in [-0.05, 0) is 29.8 Å². The number of carbonyl (C=O) groups is 1. The molecular formula is C15H14F2N2OS2. The first-order valence-corrected chi connectivity index (χ1v) is 7.73. The molecule has 7 heteroatoms. The molecule has 1 heterocycles. The highest BCUT2D eigenvalue weighted by Gasteiger charge is 2.13. The maximum Gasteiger partial charge on any atom is 0.288 e. The van der Waals surface area contributed by atoms with Gasteiger partial charge in [-0.15, -0.1) is 0 Å². The molecule has 0 radical (unpaired) electrons. The third-order valence-electron chi connectivity index (χ3n) is 2.96. The van der Waals surface area contributed by atoms with Crippen LogP contribution in [0.3, 0.4) is 0 Å². The van der Waals surface area contributed by atoms with Crippen LogP contribution in [-0.2, 0) is 6.54 Å². The first kappa shape index (κ1) is 16.6. The minimum atomic E-state index is -2.44. The van der Waals surface area contributed by atoms with Crippen molar-refractivity contribution in [1.82, 2.24) is 9.88 Å². The summed E-state index contributed by atoms with van der Waals surface area (Å²) in [4.78, 5) is 17.2. The van der Waals surface area contributed by atoms with Crippen LogP contribution >= 0.6 is 24.0 Å². The molecule has 0 aliphatic heterocycles. The Morgan fingerprint density at radius 2 is 2.00 bits per heavy atom. The molecule has 0 atom stereocenters. The quantitative estimate of drug-likeness (QED) is 0.650. The highest BCUT2D eigenvalue weighted by Crippen LogP contribution is 2.25. The maximum atomic E-state index is 12.3. The molecule has 0 saturated heterocycles. The van der Waals surface area contributed by atoms with Crippen molar-refractivity contribution in [3.05, 3.63) is 58.4 Å². The third-order valence-corrected chi connectivity index (χ3v) is 4.02. The molecular weight excluding hydrogens is 326 g/mol. The Labute approximate surface area is 136 Å². The minimum absolute atomic E-state index is 0.187. The van der Waals surface area contributed by atoms with E-state index in [-0.39, 0.29) is 5.91 Å². The van der Waals surface area contributed by atoms with Crippen LogP contribution in [-0.4, -0.2) is 28.6 Å². The van der Waals surface area contributed by atoms with Crippen molar-refractivity contribution in [2.75, 3.05) is 7.05 Å². The Hall–Kier alpha value is -1.73. The predicted molar refractivity (Wildman–Crippen MR) is 85.7 cm³/mol. The van der Waals surface area contributed by atoms with Crippen molar-refractivity contribution >= 4 is 29.9 Å². The summed E-state index contributed by atoms with van der Waals surface area (Å²) in [7, 11) is 1.67. The summed E-state index contributed by atoms with van der Waals surface area (Å²) in [6.45, 7) is 0.377. The molecule has 116 valence electrons. The summed E-state index contributed by atoms with van der Waals surface area (Å²) in [5.74, 6) is -2.62. The fraction of sp³-hybridized carbons (Fsp3) is 0.200. The van der Waals surface area contributed by atoms with Gasteiger partial charge in [0.15, 0.2) is 0 Å². The smallest absolute Gasteiger partial charge is 0.288 e. The zero-order chi connectivity index (χ0) is 16.1. The summed E-state index contributed by atoms with van der Waals surface area (Å²) < 4.78 is 24.9. The van der Waals surface area contributed by atoms with Gasteiger partial charge in [-0.1, -0.05) is 36.1 Å². The van der Waals surface area contributed by atoms with E-state index < -0.39 is 5.76 Å². The number of nitrogens with zero attached hydrogens (tertiary/aromatic N) is 1. The van der Waals surface area contributed by atoms with Crippen molar-refractivity contribution in [2.24, 2.45) is 0 Å². The number of H-pyrrole nitrogens is 1. The number of aromatic amines is 1. The van der Waals surface area contributed by atoms with Crippen molar-refractivity contribution in [2.45, 2.75) is 17.2 Å². The van der Waals surface area contributed by atoms with Crippen molar-refractivity contribution in [3.8, 4) is 0 Å². The summed E-state index contributed by atoms with van der Waals surface area (Å²) in [6, 6.07) is 10.1. The number of nitrogens with one attached hydrogen (secondary N) is 1. The van der Waals surface area contributed by atoms with Crippen LogP contribution in [0.25, 0.3) is 0 Å². The molecule has 1 aromatic carbocycles. The van der Waals surface area contributed by atoms with E-state index in [9.17, 15) is 13.6 Å². The number of thioether (sulfide) groups is 1. The van der Waals surface area contributed by atoms with Crippen LogP contribution in [0.15, 0.2) is 47.5 Å². The van der Waals surface area contributed by atoms with Crippen LogP contribution in [0.1, 0.15) is 15.9 Å². The van der Waals surface area contributed by atoms with Crippen molar-refractivity contribution in [1.29, 1.82) is 0 Å². The Kier molecular flexibility index (Phi) is 5.68. The minimum Gasteiger partial charge on any atom is -0.352 e. The molecule has 0 bridgehead atoms. The monoisotopic (exact) mass is 340 g/mol. The highest BCUT2D eigenvalue weighted by molar-refractivity contribution is 7.99. The van der Waals surface area contributed by atoms with E-state index in [1.165, 1.54) is 4.90 Å². The molecule has 0 aliphatic rings. The zero-order valence-electron chi connectivity index (χ0n) is 11.8. The van der Waals surface area contributed by atoms with E-state index >= 15 is 0 Å². The SMILES string of the molecule is CN(Cc1ccc(SC(F)F)cc1)C(=O)c1ccc[nH]c1=S. The second-order valence-electron chi connectivity index (χ2n) is 4.60. The number of halogens is 2. The van der Waals surface area contributed by atoms with Gasteiger partial charge in [0, 0.05) is 24.7 Å². The van der Waals surface area contributed by atoms with Crippen molar-refractivity contribution in [3.63, 3.8) is 0 Å². The second kappa shape index (κ2) is 7.51. The molecule has 1 aromatic heterocycles. The second-order valence-corrected chi connectivity index (χ2v) is 6.07. The molecule has 0 saturated carbocycles. The van der Waals surface area contributed by atoms with Gasteiger partial charge in [-0.2, -0.15) is 8.78 Å². The fourth-order valence-electron chi connectivity index (χ4n) is 1.92. The lowest BCUT2D eigenvalue weighted by Crippen LogP contribution is -2.26. The molecule has 1 N–H and O–H groups in total. The molecule has 0 unspecified atom stereocenters. The third kappa shape index (κ3) is 4.38. The van der Waals surface area contributed by atoms with E-state index in [0.29, 0.717) is 33.4 Å². The average Bonchev–Trinajstić information content (AvgIpc) is 2.48. The molecule has 0 fully saturated rings. The van der Waals surface area contributed by atoms with Gasteiger partial charge >= 0.3 is 0 Å². The molecule has 2 aromatic rings. The molecule has 3 nitrogen and oxygen atoms in total. The first-order valence-electron chi connectivity index (χ1n) is 6.44. The lowest BCUT2D eigenvalue weighted by molar-refractivity contribution is 0.0784. The van der Waals surface area contributed by atoms with Crippen molar-refractivity contribution < 1.29 is 13.6 Å². The van der Waals surface area contributed by atoms with Gasteiger partial charge in [0.2, 0.25) is 0 Å². The standard InChI is InChI=1S/C15H14F2N2OS2/c1-19(14(20)12-3-2-8-18-13(12)21)9-10-4-6-11(7-5-10)22-15(16)17/h2-8,15H,9H2,1H3,(H,18,21). The zero-order valence-corrected chi connectivity index (χ0v) is 13.4. The molecule has 2 rings (SSSR count). The number of amides is 1. The van der Waals surface area contributed by atoms with E-state index in [0.717, 1.165) is 5.56 Å². The lowest BCUT2D eigenvalue weighted by Gasteiger charge is -2.17. The Morgan fingerprint density at radius 1 is 1.32 bits per heavy atom. The lowest BCUT2D eigenvalue weighted by atomic mass is 10.2. The van der Waals surface area contributed by atoms with Crippen LogP contribution < -0.4 is 0 Å². The molecule has 1 amide bonds.